The molecular formula is C18H21NS. The number of hydrogen-bond donors (Lipinski definition) is 1. The molecule has 2 heteroatoms. The van der Waals surface area contributed by atoms with Crippen molar-refractivity contribution in [1.82, 2.24) is 0 Å². The average Bonchev–Trinajstić information content (AvgIpc) is 3.28. The molecule has 20 heavy (non-hydrogen) atoms. The summed E-state index contributed by atoms with van der Waals surface area (Å²) in [5.74, 6) is 2.36. The van der Waals surface area contributed by atoms with E-state index in [4.69, 9.17) is 5.73 Å². The predicted molar refractivity (Wildman–Crippen MR) is 87.2 cm³/mol. The zero-order valence-electron chi connectivity index (χ0n) is 11.8. The van der Waals surface area contributed by atoms with E-state index in [1.165, 1.54) is 22.4 Å². The molecule has 0 amide bonds. The van der Waals surface area contributed by atoms with Crippen LogP contribution in [0.25, 0.3) is 0 Å². The number of benzene rings is 2. The molecule has 0 aromatic heterocycles. The molecule has 1 saturated carbocycles. The van der Waals surface area contributed by atoms with E-state index in [0.717, 1.165) is 5.75 Å². The van der Waals surface area contributed by atoms with Crippen LogP contribution in [-0.2, 0) is 0 Å². The summed E-state index contributed by atoms with van der Waals surface area (Å²) < 4.78 is 0. The fourth-order valence-electron chi connectivity index (χ4n) is 2.80. The van der Waals surface area contributed by atoms with E-state index in [0.29, 0.717) is 17.9 Å². The second-order valence-corrected chi connectivity index (χ2v) is 6.72. The third kappa shape index (κ3) is 3.08. The van der Waals surface area contributed by atoms with Crippen LogP contribution in [-0.4, -0.2) is 11.8 Å². The number of aryl methyl sites for hydroxylation is 1. The van der Waals surface area contributed by atoms with Crippen molar-refractivity contribution in [2.24, 2.45) is 11.7 Å². The Bertz CT molecular complexity index is 567. The van der Waals surface area contributed by atoms with E-state index in [2.05, 4.69) is 61.5 Å². The van der Waals surface area contributed by atoms with Gasteiger partial charge in [0.15, 0.2) is 0 Å². The summed E-state index contributed by atoms with van der Waals surface area (Å²) in [6, 6.07) is 19.6. The Balaban J connectivity index is 1.54. The molecule has 3 unspecified atom stereocenters. The molecule has 1 fully saturated rings. The lowest BCUT2D eigenvalue weighted by Crippen LogP contribution is -2.26. The lowest BCUT2D eigenvalue weighted by Gasteiger charge is -2.12. The van der Waals surface area contributed by atoms with Gasteiger partial charge in [0.05, 0.1) is 0 Å². The van der Waals surface area contributed by atoms with E-state index >= 15 is 0 Å². The summed E-state index contributed by atoms with van der Waals surface area (Å²) >= 11 is 1.90. The van der Waals surface area contributed by atoms with Crippen LogP contribution in [0.5, 0.6) is 0 Å². The van der Waals surface area contributed by atoms with Crippen LogP contribution in [0.15, 0.2) is 59.5 Å². The highest BCUT2D eigenvalue weighted by Gasteiger charge is 2.42. The lowest BCUT2D eigenvalue weighted by molar-refractivity contribution is 0.640. The minimum Gasteiger partial charge on any atom is -0.327 e. The topological polar surface area (TPSA) is 26.0 Å². The monoisotopic (exact) mass is 283 g/mol. The Morgan fingerprint density at radius 1 is 1.10 bits per heavy atom. The number of thioether (sulfide) groups is 1. The standard InChI is InChI=1S/C18H21NS/c1-13-7-5-6-10-18(13)20-12-17(19)16-11-15(16)14-8-3-2-4-9-14/h2-10,15-17H,11-12,19H2,1H3. The summed E-state index contributed by atoms with van der Waals surface area (Å²) in [6.45, 7) is 2.16. The quantitative estimate of drug-likeness (QED) is 0.832. The molecule has 0 bridgehead atoms. The molecule has 3 rings (SSSR count). The third-order valence-electron chi connectivity index (χ3n) is 4.14. The third-order valence-corrected chi connectivity index (χ3v) is 5.46. The summed E-state index contributed by atoms with van der Waals surface area (Å²) in [7, 11) is 0. The van der Waals surface area contributed by atoms with Gasteiger partial charge in [-0.05, 0) is 42.4 Å². The molecule has 0 radical (unpaired) electrons. The highest BCUT2D eigenvalue weighted by atomic mass is 32.2. The molecule has 1 nitrogen and oxygen atoms in total. The fourth-order valence-corrected chi connectivity index (χ4v) is 3.89. The molecule has 2 N–H and O–H groups in total. The molecule has 104 valence electrons. The van der Waals surface area contributed by atoms with Gasteiger partial charge in [0, 0.05) is 16.7 Å². The zero-order chi connectivity index (χ0) is 13.9. The first-order chi connectivity index (χ1) is 9.75. The highest BCUT2D eigenvalue weighted by Crippen LogP contribution is 2.49. The van der Waals surface area contributed by atoms with Crippen molar-refractivity contribution < 1.29 is 0 Å². The lowest BCUT2D eigenvalue weighted by atomic mass is 10.1. The maximum atomic E-state index is 6.38. The second-order valence-electron chi connectivity index (χ2n) is 5.66. The minimum absolute atomic E-state index is 0.296. The highest BCUT2D eigenvalue weighted by molar-refractivity contribution is 7.99. The average molecular weight is 283 g/mol. The van der Waals surface area contributed by atoms with Crippen LogP contribution in [0.4, 0.5) is 0 Å². The summed E-state index contributed by atoms with van der Waals surface area (Å²) in [6.07, 6.45) is 1.25. The largest absolute Gasteiger partial charge is 0.327 e. The van der Waals surface area contributed by atoms with Crippen molar-refractivity contribution in [3.63, 3.8) is 0 Å². The van der Waals surface area contributed by atoms with E-state index < -0.39 is 0 Å². The van der Waals surface area contributed by atoms with Gasteiger partial charge in [-0.1, -0.05) is 48.5 Å². The molecule has 0 aliphatic heterocycles. The van der Waals surface area contributed by atoms with Crippen molar-refractivity contribution in [1.29, 1.82) is 0 Å². The summed E-state index contributed by atoms with van der Waals surface area (Å²) in [5.41, 5.74) is 9.18. The van der Waals surface area contributed by atoms with E-state index in [1.54, 1.807) is 0 Å². The van der Waals surface area contributed by atoms with Crippen LogP contribution in [0.1, 0.15) is 23.5 Å². The Morgan fingerprint density at radius 2 is 1.80 bits per heavy atom. The Hall–Kier alpha value is -1.25. The van der Waals surface area contributed by atoms with Gasteiger partial charge in [0.1, 0.15) is 0 Å². The van der Waals surface area contributed by atoms with Gasteiger partial charge in [-0.25, -0.2) is 0 Å². The maximum absolute atomic E-state index is 6.38. The van der Waals surface area contributed by atoms with Gasteiger partial charge in [-0.15, -0.1) is 11.8 Å². The van der Waals surface area contributed by atoms with Crippen LogP contribution < -0.4 is 5.73 Å². The smallest absolute Gasteiger partial charge is 0.0168 e. The SMILES string of the molecule is Cc1ccccc1SCC(N)C1CC1c1ccccc1. The van der Waals surface area contributed by atoms with Gasteiger partial charge >= 0.3 is 0 Å². The Labute approximate surface area is 125 Å². The van der Waals surface area contributed by atoms with Gasteiger partial charge in [0.25, 0.3) is 0 Å². The predicted octanol–water partition coefficient (Wildman–Crippen LogP) is 4.22. The molecule has 1 aliphatic rings. The van der Waals surface area contributed by atoms with Crippen molar-refractivity contribution >= 4 is 11.8 Å². The molecule has 1 aliphatic carbocycles. The second kappa shape index (κ2) is 6.02. The Morgan fingerprint density at radius 3 is 2.55 bits per heavy atom. The van der Waals surface area contributed by atoms with Crippen LogP contribution in [0, 0.1) is 12.8 Å². The molecule has 3 atom stereocenters. The minimum atomic E-state index is 0.296. The Kier molecular flexibility index (Phi) is 4.13. The first kappa shape index (κ1) is 13.7. The van der Waals surface area contributed by atoms with Gasteiger partial charge in [-0.2, -0.15) is 0 Å². The van der Waals surface area contributed by atoms with Crippen molar-refractivity contribution in [3.8, 4) is 0 Å². The molecular weight excluding hydrogens is 262 g/mol. The molecule has 2 aromatic rings. The van der Waals surface area contributed by atoms with Crippen molar-refractivity contribution in [3.05, 3.63) is 65.7 Å². The van der Waals surface area contributed by atoms with E-state index in [1.807, 2.05) is 11.8 Å². The van der Waals surface area contributed by atoms with Crippen molar-refractivity contribution in [2.75, 3.05) is 5.75 Å². The molecule has 0 spiro atoms. The number of nitrogens with two attached hydrogens (primary N) is 1. The van der Waals surface area contributed by atoms with Gasteiger partial charge in [-0.3, -0.25) is 0 Å². The summed E-state index contributed by atoms with van der Waals surface area (Å²) in [5, 5.41) is 0. The van der Waals surface area contributed by atoms with Crippen molar-refractivity contribution in [2.45, 2.75) is 30.2 Å². The first-order valence-corrected chi connectivity index (χ1v) is 8.23. The van der Waals surface area contributed by atoms with Crippen LogP contribution in [0.3, 0.4) is 0 Å². The van der Waals surface area contributed by atoms with Gasteiger partial charge < -0.3 is 5.73 Å². The van der Waals surface area contributed by atoms with Crippen LogP contribution in [0.2, 0.25) is 0 Å². The number of hydrogen-bond acceptors (Lipinski definition) is 2. The maximum Gasteiger partial charge on any atom is 0.0168 e. The number of rotatable bonds is 5. The fraction of sp³-hybridized carbons (Fsp3) is 0.333. The molecule has 2 aromatic carbocycles. The normalized spacial score (nSPS) is 22.5. The van der Waals surface area contributed by atoms with E-state index in [9.17, 15) is 0 Å². The molecule has 0 heterocycles. The van der Waals surface area contributed by atoms with E-state index in [-0.39, 0.29) is 0 Å². The van der Waals surface area contributed by atoms with Gasteiger partial charge in [0.2, 0.25) is 0 Å². The molecule has 0 saturated heterocycles. The first-order valence-electron chi connectivity index (χ1n) is 7.24. The van der Waals surface area contributed by atoms with Crippen LogP contribution >= 0.6 is 11.8 Å². The summed E-state index contributed by atoms with van der Waals surface area (Å²) in [4.78, 5) is 1.36. The zero-order valence-corrected chi connectivity index (χ0v) is 12.6.